The Hall–Kier alpha value is -2.86. The highest BCUT2D eigenvalue weighted by atomic mass is 16.7. The molecule has 5 rings (SSSR count). The molecule has 2 aromatic carbocycles. The standard InChI is InChI=1S/C31H40N2O8/c1-21(39-22(2)35)29(36)32-18-23-3-9-26(10-4-23)30-40-27(17-28(41-30)25-7-5-24(20-34)6-8-25)19-33-13-11-31(12-14-33)37-15-16-38-31/h3-10,21,27-28,30,34H,11-20H2,1-2H3,(H,32,36)/t21-,27-,28+,30?/m0/s1. The SMILES string of the molecule is CC(=O)O[C@@H](C)C(=O)NCc1ccc(C2O[C@H](CN3CCC4(CC3)OCCO4)C[C@H](c3ccc(CO)cc3)O2)cc1. The van der Waals surface area contributed by atoms with E-state index in [0.717, 1.165) is 54.7 Å². The zero-order valence-electron chi connectivity index (χ0n) is 23.8. The summed E-state index contributed by atoms with van der Waals surface area (Å²) in [6.07, 6.45) is 0.811. The molecule has 1 unspecified atom stereocenters. The van der Waals surface area contributed by atoms with Crippen LogP contribution in [0.4, 0.5) is 0 Å². The number of likely N-dealkylation sites (tertiary alicyclic amines) is 1. The lowest BCUT2D eigenvalue weighted by Crippen LogP contribution is -2.48. The van der Waals surface area contributed by atoms with Crippen LogP contribution in [-0.2, 0) is 46.4 Å². The summed E-state index contributed by atoms with van der Waals surface area (Å²) in [6, 6.07) is 15.6. The third-order valence-electron chi connectivity index (χ3n) is 7.94. The van der Waals surface area contributed by atoms with Crippen LogP contribution in [0.2, 0.25) is 0 Å². The van der Waals surface area contributed by atoms with Crippen molar-refractivity contribution in [3.05, 3.63) is 70.8 Å². The largest absolute Gasteiger partial charge is 0.453 e. The zero-order valence-corrected chi connectivity index (χ0v) is 23.8. The van der Waals surface area contributed by atoms with Crippen LogP contribution in [0.15, 0.2) is 48.5 Å². The number of benzene rings is 2. The number of aliphatic hydroxyl groups is 1. The van der Waals surface area contributed by atoms with Crippen LogP contribution >= 0.6 is 0 Å². The topological polar surface area (TPSA) is 116 Å². The van der Waals surface area contributed by atoms with Gasteiger partial charge in [-0.2, -0.15) is 0 Å². The fraction of sp³-hybridized carbons (Fsp3) is 0.548. The van der Waals surface area contributed by atoms with Crippen LogP contribution in [0.1, 0.15) is 67.8 Å². The lowest BCUT2D eigenvalue weighted by atomic mass is 9.98. The van der Waals surface area contributed by atoms with E-state index in [1.165, 1.54) is 6.92 Å². The molecule has 0 saturated carbocycles. The minimum Gasteiger partial charge on any atom is -0.453 e. The van der Waals surface area contributed by atoms with Gasteiger partial charge in [-0.15, -0.1) is 0 Å². The van der Waals surface area contributed by atoms with E-state index < -0.39 is 24.2 Å². The second-order valence-electron chi connectivity index (χ2n) is 11.0. The predicted octanol–water partition coefficient (Wildman–Crippen LogP) is 3.13. The molecule has 4 atom stereocenters. The first kappa shape index (κ1) is 29.6. The van der Waals surface area contributed by atoms with Crippen molar-refractivity contribution in [2.24, 2.45) is 0 Å². The number of nitrogens with one attached hydrogen (secondary N) is 1. The average molecular weight is 569 g/mol. The molecule has 0 bridgehead atoms. The maximum absolute atomic E-state index is 12.2. The van der Waals surface area contributed by atoms with Gasteiger partial charge >= 0.3 is 5.97 Å². The average Bonchev–Trinajstić information content (AvgIpc) is 3.45. The van der Waals surface area contributed by atoms with Gasteiger partial charge in [-0.3, -0.25) is 9.59 Å². The zero-order chi connectivity index (χ0) is 28.8. The molecule has 3 aliphatic heterocycles. The quantitative estimate of drug-likeness (QED) is 0.440. The number of amides is 1. The van der Waals surface area contributed by atoms with Gasteiger partial charge in [-0.05, 0) is 23.6 Å². The highest BCUT2D eigenvalue weighted by Crippen LogP contribution is 2.39. The van der Waals surface area contributed by atoms with Gasteiger partial charge in [0.1, 0.15) is 0 Å². The van der Waals surface area contributed by atoms with Gasteiger partial charge in [-0.1, -0.05) is 48.5 Å². The predicted molar refractivity (Wildman–Crippen MR) is 148 cm³/mol. The van der Waals surface area contributed by atoms with Crippen molar-refractivity contribution >= 4 is 11.9 Å². The molecular formula is C31H40N2O8. The Balaban J connectivity index is 1.24. The Labute approximate surface area is 240 Å². The van der Waals surface area contributed by atoms with Gasteiger partial charge in [0.2, 0.25) is 0 Å². The number of carbonyl (C=O) groups is 2. The third kappa shape index (κ3) is 7.71. The van der Waals surface area contributed by atoms with Crippen LogP contribution in [0, 0.1) is 0 Å². The first-order valence-corrected chi connectivity index (χ1v) is 14.4. The van der Waals surface area contributed by atoms with Crippen molar-refractivity contribution in [3.63, 3.8) is 0 Å². The summed E-state index contributed by atoms with van der Waals surface area (Å²) in [7, 11) is 0. The van der Waals surface area contributed by atoms with E-state index in [1.54, 1.807) is 6.92 Å². The fourth-order valence-electron chi connectivity index (χ4n) is 5.61. The van der Waals surface area contributed by atoms with Crippen molar-refractivity contribution < 1.29 is 38.4 Å². The summed E-state index contributed by atoms with van der Waals surface area (Å²) in [6.45, 7) is 7.02. The van der Waals surface area contributed by atoms with E-state index in [0.29, 0.717) is 26.2 Å². The maximum atomic E-state index is 12.2. The number of rotatable bonds is 9. The number of hydrogen-bond acceptors (Lipinski definition) is 9. The van der Waals surface area contributed by atoms with Crippen LogP contribution in [0.25, 0.3) is 0 Å². The summed E-state index contributed by atoms with van der Waals surface area (Å²) in [5.74, 6) is -1.26. The minimum atomic E-state index is -0.847. The van der Waals surface area contributed by atoms with E-state index in [4.69, 9.17) is 23.7 Å². The molecule has 2 aromatic rings. The molecule has 1 amide bonds. The summed E-state index contributed by atoms with van der Waals surface area (Å²) >= 11 is 0. The molecule has 2 N–H and O–H groups in total. The lowest BCUT2D eigenvalue weighted by Gasteiger charge is -2.41. The highest BCUT2D eigenvalue weighted by Gasteiger charge is 2.41. The number of esters is 1. The Kier molecular flexibility index (Phi) is 9.69. The van der Waals surface area contributed by atoms with Crippen molar-refractivity contribution in [1.29, 1.82) is 0 Å². The summed E-state index contributed by atoms with van der Waals surface area (Å²) in [5.41, 5.74) is 3.70. The van der Waals surface area contributed by atoms with Crippen LogP contribution in [0.3, 0.4) is 0 Å². The Morgan fingerprint density at radius 1 is 1.00 bits per heavy atom. The molecular weight excluding hydrogens is 528 g/mol. The van der Waals surface area contributed by atoms with Gasteiger partial charge in [0.25, 0.3) is 5.91 Å². The number of hydrogen-bond donors (Lipinski definition) is 2. The molecule has 0 aromatic heterocycles. The van der Waals surface area contributed by atoms with Crippen molar-refractivity contribution in [1.82, 2.24) is 10.2 Å². The molecule has 1 spiro atoms. The van der Waals surface area contributed by atoms with Crippen molar-refractivity contribution in [2.45, 2.75) is 76.7 Å². The van der Waals surface area contributed by atoms with Crippen LogP contribution in [0.5, 0.6) is 0 Å². The minimum absolute atomic E-state index is 0.000484. The Bertz CT molecular complexity index is 1160. The molecule has 0 aliphatic carbocycles. The Morgan fingerprint density at radius 3 is 2.27 bits per heavy atom. The number of ether oxygens (including phenoxy) is 5. The molecule has 3 aliphatic rings. The second kappa shape index (κ2) is 13.4. The normalized spacial score (nSPS) is 25.1. The molecule has 3 fully saturated rings. The van der Waals surface area contributed by atoms with Crippen molar-refractivity contribution in [2.75, 3.05) is 32.8 Å². The molecule has 10 heteroatoms. The van der Waals surface area contributed by atoms with Crippen LogP contribution < -0.4 is 5.32 Å². The van der Waals surface area contributed by atoms with E-state index in [-0.39, 0.29) is 24.7 Å². The van der Waals surface area contributed by atoms with E-state index in [9.17, 15) is 14.7 Å². The summed E-state index contributed by atoms with van der Waals surface area (Å²) in [4.78, 5) is 25.7. The van der Waals surface area contributed by atoms with Gasteiger partial charge in [0, 0.05) is 57.9 Å². The summed E-state index contributed by atoms with van der Waals surface area (Å²) < 4.78 is 29.7. The fourth-order valence-corrected chi connectivity index (χ4v) is 5.61. The van der Waals surface area contributed by atoms with Crippen molar-refractivity contribution in [3.8, 4) is 0 Å². The van der Waals surface area contributed by atoms with E-state index in [2.05, 4.69) is 10.2 Å². The summed E-state index contributed by atoms with van der Waals surface area (Å²) in [5, 5.41) is 12.3. The number of nitrogens with zero attached hydrogens (tertiary/aromatic N) is 1. The Morgan fingerprint density at radius 2 is 1.63 bits per heavy atom. The first-order chi connectivity index (χ1) is 19.8. The first-order valence-electron chi connectivity index (χ1n) is 14.4. The van der Waals surface area contributed by atoms with Gasteiger partial charge < -0.3 is 39.0 Å². The van der Waals surface area contributed by atoms with Gasteiger partial charge in [0.05, 0.1) is 32.0 Å². The molecule has 0 radical (unpaired) electrons. The molecule has 3 saturated heterocycles. The number of piperidine rings is 1. The second-order valence-corrected chi connectivity index (χ2v) is 11.0. The highest BCUT2D eigenvalue weighted by molar-refractivity contribution is 5.82. The van der Waals surface area contributed by atoms with Gasteiger partial charge in [-0.25, -0.2) is 0 Å². The van der Waals surface area contributed by atoms with E-state index >= 15 is 0 Å². The molecule has 222 valence electrons. The molecule has 41 heavy (non-hydrogen) atoms. The molecule has 3 heterocycles. The smallest absolute Gasteiger partial charge is 0.303 e. The lowest BCUT2D eigenvalue weighted by molar-refractivity contribution is -0.255. The van der Waals surface area contributed by atoms with Crippen LogP contribution in [-0.4, -0.2) is 72.7 Å². The third-order valence-corrected chi connectivity index (χ3v) is 7.94. The number of carbonyl (C=O) groups excluding carboxylic acids is 2. The monoisotopic (exact) mass is 568 g/mol. The maximum Gasteiger partial charge on any atom is 0.303 e. The number of aliphatic hydroxyl groups excluding tert-OH is 1. The molecule has 10 nitrogen and oxygen atoms in total. The van der Waals surface area contributed by atoms with Gasteiger partial charge in [0.15, 0.2) is 18.2 Å². The van der Waals surface area contributed by atoms with E-state index in [1.807, 2.05) is 48.5 Å².